The summed E-state index contributed by atoms with van der Waals surface area (Å²) in [6.45, 7) is 0. The summed E-state index contributed by atoms with van der Waals surface area (Å²) in [5.74, 6) is -1.10. The van der Waals surface area contributed by atoms with Gasteiger partial charge in [-0.2, -0.15) is 0 Å². The van der Waals surface area contributed by atoms with E-state index in [1.165, 1.54) is 5.56 Å². The Morgan fingerprint density at radius 3 is 2.79 bits per heavy atom. The van der Waals surface area contributed by atoms with Gasteiger partial charge in [0.15, 0.2) is 0 Å². The number of rotatable bonds is 1. The summed E-state index contributed by atoms with van der Waals surface area (Å²) in [6.07, 6.45) is 0.419. The summed E-state index contributed by atoms with van der Waals surface area (Å²) in [7, 11) is 0. The van der Waals surface area contributed by atoms with Gasteiger partial charge in [-0.3, -0.25) is 4.79 Å². The van der Waals surface area contributed by atoms with Crippen LogP contribution < -0.4 is 0 Å². The second-order valence-corrected chi connectivity index (χ2v) is 3.85. The second kappa shape index (κ2) is 2.58. The molecule has 1 saturated heterocycles. The highest BCUT2D eigenvalue weighted by Gasteiger charge is 2.48. The molecule has 3 atom stereocenters. The molecule has 0 aliphatic carbocycles. The van der Waals surface area contributed by atoms with Crippen molar-refractivity contribution in [3.63, 3.8) is 0 Å². The first-order valence-electron chi connectivity index (χ1n) is 4.74. The molecule has 1 aromatic rings. The van der Waals surface area contributed by atoms with Crippen molar-refractivity contribution in [2.75, 3.05) is 0 Å². The lowest BCUT2D eigenvalue weighted by Crippen LogP contribution is -2.19. The van der Waals surface area contributed by atoms with E-state index < -0.39 is 5.97 Å². The van der Waals surface area contributed by atoms with Crippen molar-refractivity contribution in [1.29, 1.82) is 0 Å². The Bertz CT molecular complexity index is 399. The van der Waals surface area contributed by atoms with Gasteiger partial charge >= 0.3 is 5.97 Å². The van der Waals surface area contributed by atoms with Crippen LogP contribution in [0.3, 0.4) is 0 Å². The standard InChI is InChI=1S/C11H10O3/c12-11(13)8-5-9-6-3-1-2-4-7(6)10(8)14-9/h1-4,8-10H,5H2,(H,12,13)/t8?,9-,10-/m0/s1. The van der Waals surface area contributed by atoms with Gasteiger partial charge in [-0.1, -0.05) is 24.3 Å². The maximum atomic E-state index is 10.9. The molecule has 2 heterocycles. The van der Waals surface area contributed by atoms with E-state index in [9.17, 15) is 4.79 Å². The molecule has 0 aromatic heterocycles. The van der Waals surface area contributed by atoms with Gasteiger partial charge in [0.2, 0.25) is 0 Å². The van der Waals surface area contributed by atoms with Gasteiger partial charge in [-0.15, -0.1) is 0 Å². The monoisotopic (exact) mass is 190 g/mol. The van der Waals surface area contributed by atoms with Crippen molar-refractivity contribution in [2.45, 2.75) is 18.6 Å². The topological polar surface area (TPSA) is 46.5 Å². The third kappa shape index (κ3) is 0.876. The van der Waals surface area contributed by atoms with E-state index >= 15 is 0 Å². The molecule has 2 aliphatic heterocycles. The van der Waals surface area contributed by atoms with E-state index in [0.717, 1.165) is 5.56 Å². The predicted octanol–water partition coefficient (Wildman–Crippen LogP) is 1.90. The van der Waals surface area contributed by atoms with Crippen molar-refractivity contribution in [3.8, 4) is 0 Å². The van der Waals surface area contributed by atoms with Crippen molar-refractivity contribution in [1.82, 2.24) is 0 Å². The minimum atomic E-state index is -0.744. The van der Waals surface area contributed by atoms with Crippen LogP contribution in [-0.2, 0) is 9.53 Å². The molecule has 1 fully saturated rings. The molecular formula is C11H10O3. The van der Waals surface area contributed by atoms with Gasteiger partial charge < -0.3 is 9.84 Å². The third-order valence-corrected chi connectivity index (χ3v) is 3.11. The molecule has 72 valence electrons. The Hall–Kier alpha value is -1.35. The lowest BCUT2D eigenvalue weighted by Gasteiger charge is -2.16. The van der Waals surface area contributed by atoms with Gasteiger partial charge in [-0.05, 0) is 17.5 Å². The zero-order valence-corrected chi connectivity index (χ0v) is 7.51. The Morgan fingerprint density at radius 2 is 2.07 bits per heavy atom. The van der Waals surface area contributed by atoms with Gasteiger partial charge in [0.1, 0.15) is 0 Å². The van der Waals surface area contributed by atoms with E-state index in [1.54, 1.807) is 0 Å². The fourth-order valence-corrected chi connectivity index (χ4v) is 2.47. The van der Waals surface area contributed by atoms with E-state index in [2.05, 4.69) is 0 Å². The van der Waals surface area contributed by atoms with Crippen LogP contribution in [0.1, 0.15) is 29.8 Å². The molecule has 0 saturated carbocycles. The van der Waals surface area contributed by atoms with Crippen LogP contribution in [0.2, 0.25) is 0 Å². The summed E-state index contributed by atoms with van der Waals surface area (Å²) in [4.78, 5) is 10.9. The molecule has 1 unspecified atom stereocenters. The summed E-state index contributed by atoms with van der Waals surface area (Å²) >= 11 is 0. The number of ether oxygens (including phenoxy) is 1. The van der Waals surface area contributed by atoms with Crippen molar-refractivity contribution in [2.24, 2.45) is 5.92 Å². The number of carboxylic acids is 1. The first-order valence-corrected chi connectivity index (χ1v) is 4.74. The fraction of sp³-hybridized carbons (Fsp3) is 0.364. The van der Waals surface area contributed by atoms with Crippen LogP contribution in [0.25, 0.3) is 0 Å². The number of aliphatic carboxylic acids is 1. The molecule has 0 radical (unpaired) electrons. The van der Waals surface area contributed by atoms with Gasteiger partial charge in [0.25, 0.3) is 0 Å². The molecule has 1 aromatic carbocycles. The van der Waals surface area contributed by atoms with Gasteiger partial charge in [0, 0.05) is 0 Å². The smallest absolute Gasteiger partial charge is 0.309 e. The molecular weight excluding hydrogens is 180 g/mol. The minimum absolute atomic E-state index is 0.0114. The van der Waals surface area contributed by atoms with E-state index in [-0.39, 0.29) is 18.1 Å². The van der Waals surface area contributed by atoms with Crippen molar-refractivity contribution in [3.05, 3.63) is 35.4 Å². The summed E-state index contributed by atoms with van der Waals surface area (Å²) in [5, 5.41) is 8.98. The van der Waals surface area contributed by atoms with E-state index in [1.807, 2.05) is 24.3 Å². The van der Waals surface area contributed by atoms with E-state index in [4.69, 9.17) is 9.84 Å². The average molecular weight is 190 g/mol. The average Bonchev–Trinajstić information content (AvgIpc) is 2.75. The predicted molar refractivity (Wildman–Crippen MR) is 48.8 cm³/mol. The Kier molecular flexibility index (Phi) is 1.47. The molecule has 14 heavy (non-hydrogen) atoms. The largest absolute Gasteiger partial charge is 0.481 e. The molecule has 1 N–H and O–H groups in total. The molecule has 2 aliphatic rings. The zero-order chi connectivity index (χ0) is 9.71. The van der Waals surface area contributed by atoms with Crippen LogP contribution >= 0.6 is 0 Å². The highest BCUT2D eigenvalue weighted by molar-refractivity contribution is 5.72. The molecule has 3 nitrogen and oxygen atoms in total. The SMILES string of the molecule is O=C(O)C1C[C@@H]2O[C@H]1c1ccccc12. The second-order valence-electron chi connectivity index (χ2n) is 3.85. The van der Waals surface area contributed by atoms with Crippen LogP contribution in [-0.4, -0.2) is 11.1 Å². The molecule has 2 bridgehead atoms. The number of fused-ring (bicyclic) bond motifs is 5. The Balaban J connectivity index is 2.06. The summed E-state index contributed by atoms with van der Waals surface area (Å²) in [5.41, 5.74) is 2.24. The Morgan fingerprint density at radius 1 is 1.36 bits per heavy atom. The van der Waals surface area contributed by atoms with Crippen LogP contribution in [0.4, 0.5) is 0 Å². The van der Waals surface area contributed by atoms with Crippen molar-refractivity contribution >= 4 is 5.97 Å². The van der Waals surface area contributed by atoms with Crippen LogP contribution in [0, 0.1) is 5.92 Å². The summed E-state index contributed by atoms with van der Waals surface area (Å²) < 4.78 is 5.64. The van der Waals surface area contributed by atoms with E-state index in [0.29, 0.717) is 6.42 Å². The fourth-order valence-electron chi connectivity index (χ4n) is 2.47. The lowest BCUT2D eigenvalue weighted by molar-refractivity contribution is -0.143. The van der Waals surface area contributed by atoms with Gasteiger partial charge in [-0.25, -0.2) is 0 Å². The number of carbonyl (C=O) groups is 1. The maximum absolute atomic E-state index is 10.9. The number of benzene rings is 1. The first kappa shape index (κ1) is 8.00. The highest BCUT2D eigenvalue weighted by Crippen LogP contribution is 2.53. The maximum Gasteiger partial charge on any atom is 0.309 e. The molecule has 3 heteroatoms. The molecule has 0 spiro atoms. The Labute approximate surface area is 81.3 Å². The number of carboxylic acid groups (broad SMARTS) is 1. The van der Waals surface area contributed by atoms with Crippen molar-refractivity contribution < 1.29 is 14.6 Å². The van der Waals surface area contributed by atoms with Crippen LogP contribution in [0.15, 0.2) is 24.3 Å². The molecule has 0 amide bonds. The lowest BCUT2D eigenvalue weighted by atomic mass is 9.84. The zero-order valence-electron chi connectivity index (χ0n) is 7.51. The number of hydrogen-bond acceptors (Lipinski definition) is 2. The first-order chi connectivity index (χ1) is 6.77. The minimum Gasteiger partial charge on any atom is -0.481 e. The number of hydrogen-bond donors (Lipinski definition) is 1. The highest BCUT2D eigenvalue weighted by atomic mass is 16.5. The van der Waals surface area contributed by atoms with Crippen LogP contribution in [0.5, 0.6) is 0 Å². The normalized spacial score (nSPS) is 33.0. The van der Waals surface area contributed by atoms with Gasteiger partial charge in [0.05, 0.1) is 18.1 Å². The third-order valence-electron chi connectivity index (χ3n) is 3.11. The quantitative estimate of drug-likeness (QED) is 0.735. The summed E-state index contributed by atoms with van der Waals surface area (Å²) in [6, 6.07) is 7.90. The molecule has 3 rings (SSSR count).